The molecule has 1 atom stereocenters. The first-order chi connectivity index (χ1) is 13.5. The Morgan fingerprint density at radius 3 is 2.75 bits per heavy atom. The molecule has 6 nitrogen and oxygen atoms in total. The van der Waals surface area contributed by atoms with Gasteiger partial charge < -0.3 is 14.4 Å². The van der Waals surface area contributed by atoms with Gasteiger partial charge in [0.25, 0.3) is 5.91 Å². The minimum atomic E-state index is -0.667. The van der Waals surface area contributed by atoms with Crippen molar-refractivity contribution in [1.29, 1.82) is 0 Å². The standard InChI is InChI=1S/C20H23F2N3O3/c1-13-11-25(15-4-7-27-8-5-15)23-19(13)20(26)24-6-9-28-18(12-24)16-3-2-14(21)10-17(16)22/h2-3,10-11,15,18H,4-9,12H2,1H3. The van der Waals surface area contributed by atoms with Crippen LogP contribution in [0.2, 0.25) is 0 Å². The number of hydrogen-bond donors (Lipinski definition) is 0. The van der Waals surface area contributed by atoms with Crippen molar-refractivity contribution >= 4 is 5.91 Å². The number of morpholine rings is 1. The maximum Gasteiger partial charge on any atom is 0.274 e. The zero-order chi connectivity index (χ0) is 19.7. The molecule has 1 unspecified atom stereocenters. The van der Waals surface area contributed by atoms with Gasteiger partial charge in [0.2, 0.25) is 0 Å². The van der Waals surface area contributed by atoms with E-state index in [2.05, 4.69) is 5.10 Å². The van der Waals surface area contributed by atoms with E-state index in [4.69, 9.17) is 9.47 Å². The van der Waals surface area contributed by atoms with E-state index >= 15 is 0 Å². The highest BCUT2D eigenvalue weighted by Gasteiger charge is 2.30. The maximum atomic E-state index is 14.1. The van der Waals surface area contributed by atoms with Crippen LogP contribution in [0.3, 0.4) is 0 Å². The molecule has 2 aliphatic rings. The Morgan fingerprint density at radius 2 is 2.00 bits per heavy atom. The van der Waals surface area contributed by atoms with Gasteiger partial charge in [-0.05, 0) is 25.8 Å². The molecule has 1 aromatic carbocycles. The third-order valence-electron chi connectivity index (χ3n) is 5.35. The fourth-order valence-corrected chi connectivity index (χ4v) is 3.77. The molecule has 0 radical (unpaired) electrons. The molecule has 1 aromatic heterocycles. The van der Waals surface area contributed by atoms with Crippen LogP contribution < -0.4 is 0 Å². The Balaban J connectivity index is 1.50. The van der Waals surface area contributed by atoms with Crippen molar-refractivity contribution in [2.45, 2.75) is 31.9 Å². The molecular weight excluding hydrogens is 368 g/mol. The number of rotatable bonds is 3. The van der Waals surface area contributed by atoms with Crippen LogP contribution in [0.5, 0.6) is 0 Å². The van der Waals surface area contributed by atoms with Crippen LogP contribution in [-0.2, 0) is 9.47 Å². The van der Waals surface area contributed by atoms with Crippen molar-refractivity contribution in [3.63, 3.8) is 0 Å². The van der Waals surface area contributed by atoms with Gasteiger partial charge in [0.1, 0.15) is 17.7 Å². The molecule has 28 heavy (non-hydrogen) atoms. The highest BCUT2D eigenvalue weighted by molar-refractivity contribution is 5.93. The average molecular weight is 391 g/mol. The first kappa shape index (κ1) is 19.0. The highest BCUT2D eigenvalue weighted by atomic mass is 19.1. The lowest BCUT2D eigenvalue weighted by Gasteiger charge is -2.33. The molecule has 0 aliphatic carbocycles. The Bertz CT molecular complexity index is 864. The zero-order valence-corrected chi connectivity index (χ0v) is 15.7. The predicted octanol–water partition coefficient (Wildman–Crippen LogP) is 3.03. The molecule has 8 heteroatoms. The van der Waals surface area contributed by atoms with Crippen LogP contribution >= 0.6 is 0 Å². The summed E-state index contributed by atoms with van der Waals surface area (Å²) < 4.78 is 40.2. The van der Waals surface area contributed by atoms with Crippen molar-refractivity contribution in [2.75, 3.05) is 32.9 Å². The lowest BCUT2D eigenvalue weighted by molar-refractivity contribution is -0.0246. The van der Waals surface area contributed by atoms with Crippen molar-refractivity contribution in [1.82, 2.24) is 14.7 Å². The molecule has 0 saturated carbocycles. The summed E-state index contributed by atoms with van der Waals surface area (Å²) in [4.78, 5) is 14.7. The van der Waals surface area contributed by atoms with Gasteiger partial charge >= 0.3 is 0 Å². The molecule has 2 aliphatic heterocycles. The van der Waals surface area contributed by atoms with Gasteiger partial charge in [0.05, 0.1) is 19.2 Å². The Hall–Kier alpha value is -2.32. The first-order valence-corrected chi connectivity index (χ1v) is 9.52. The van der Waals surface area contributed by atoms with E-state index in [0.29, 0.717) is 25.5 Å². The monoisotopic (exact) mass is 391 g/mol. The quantitative estimate of drug-likeness (QED) is 0.807. The number of carbonyl (C=O) groups excluding carboxylic acids is 1. The predicted molar refractivity (Wildman–Crippen MR) is 97.0 cm³/mol. The Morgan fingerprint density at radius 1 is 1.21 bits per heavy atom. The van der Waals surface area contributed by atoms with Crippen molar-refractivity contribution < 1.29 is 23.0 Å². The normalized spacial score (nSPS) is 21.1. The van der Waals surface area contributed by atoms with Gasteiger partial charge in [-0.25, -0.2) is 8.78 Å². The topological polar surface area (TPSA) is 56.6 Å². The van der Waals surface area contributed by atoms with Gasteiger partial charge in [-0.1, -0.05) is 6.07 Å². The lowest BCUT2D eigenvalue weighted by Crippen LogP contribution is -2.42. The van der Waals surface area contributed by atoms with Crippen LogP contribution in [0.4, 0.5) is 8.78 Å². The van der Waals surface area contributed by atoms with Crippen molar-refractivity contribution in [3.8, 4) is 0 Å². The van der Waals surface area contributed by atoms with Gasteiger partial charge in [0, 0.05) is 43.1 Å². The number of ether oxygens (including phenoxy) is 2. The van der Waals surface area contributed by atoms with Crippen LogP contribution in [0, 0.1) is 18.6 Å². The van der Waals surface area contributed by atoms with E-state index in [1.807, 2.05) is 17.8 Å². The number of aromatic nitrogens is 2. The van der Waals surface area contributed by atoms with E-state index in [9.17, 15) is 13.6 Å². The van der Waals surface area contributed by atoms with Crippen LogP contribution in [0.25, 0.3) is 0 Å². The van der Waals surface area contributed by atoms with Crippen LogP contribution in [0.15, 0.2) is 24.4 Å². The summed E-state index contributed by atoms with van der Waals surface area (Å²) in [5, 5.41) is 4.54. The largest absolute Gasteiger partial charge is 0.381 e. The Kier molecular flexibility index (Phi) is 5.41. The van der Waals surface area contributed by atoms with E-state index in [-0.39, 0.29) is 30.7 Å². The van der Waals surface area contributed by atoms with Gasteiger partial charge in [-0.2, -0.15) is 5.10 Å². The summed E-state index contributed by atoms with van der Waals surface area (Å²) in [5.41, 5.74) is 1.47. The molecule has 1 amide bonds. The summed E-state index contributed by atoms with van der Waals surface area (Å²) in [7, 11) is 0. The second-order valence-corrected chi connectivity index (χ2v) is 7.26. The second kappa shape index (κ2) is 7.97. The summed E-state index contributed by atoms with van der Waals surface area (Å²) in [6.45, 7) is 4.15. The van der Waals surface area contributed by atoms with E-state index in [0.717, 1.165) is 24.5 Å². The zero-order valence-electron chi connectivity index (χ0n) is 15.7. The molecule has 0 bridgehead atoms. The summed E-state index contributed by atoms with van der Waals surface area (Å²) in [6.07, 6.45) is 3.02. The van der Waals surface area contributed by atoms with Crippen molar-refractivity contribution in [3.05, 3.63) is 52.9 Å². The fourth-order valence-electron chi connectivity index (χ4n) is 3.77. The molecule has 0 N–H and O–H groups in total. The summed E-state index contributed by atoms with van der Waals surface area (Å²) >= 11 is 0. The number of benzene rings is 1. The minimum Gasteiger partial charge on any atom is -0.381 e. The van der Waals surface area contributed by atoms with E-state index in [1.165, 1.54) is 12.1 Å². The maximum absolute atomic E-state index is 14.1. The number of halogens is 2. The number of nitrogens with zero attached hydrogens (tertiary/aromatic N) is 3. The minimum absolute atomic E-state index is 0.195. The van der Waals surface area contributed by atoms with Gasteiger partial charge in [-0.15, -0.1) is 0 Å². The van der Waals surface area contributed by atoms with Gasteiger partial charge in [-0.3, -0.25) is 9.48 Å². The molecule has 2 aromatic rings. The molecular formula is C20H23F2N3O3. The Labute approximate surface area is 162 Å². The van der Waals surface area contributed by atoms with Crippen molar-refractivity contribution in [2.24, 2.45) is 0 Å². The number of amides is 1. The SMILES string of the molecule is Cc1cn(C2CCOCC2)nc1C(=O)N1CCOC(c2ccc(F)cc2F)C1. The summed E-state index contributed by atoms with van der Waals surface area (Å²) in [5.74, 6) is -1.50. The third kappa shape index (κ3) is 3.79. The molecule has 4 rings (SSSR count). The molecule has 3 heterocycles. The average Bonchev–Trinajstić information content (AvgIpc) is 3.10. The lowest BCUT2D eigenvalue weighted by atomic mass is 10.1. The van der Waals surface area contributed by atoms with Gasteiger partial charge in [0.15, 0.2) is 5.69 Å². The van der Waals surface area contributed by atoms with Crippen LogP contribution in [-0.4, -0.2) is 53.5 Å². The smallest absolute Gasteiger partial charge is 0.274 e. The molecule has 2 fully saturated rings. The first-order valence-electron chi connectivity index (χ1n) is 9.52. The molecule has 0 spiro atoms. The fraction of sp³-hybridized carbons (Fsp3) is 0.500. The number of hydrogen-bond acceptors (Lipinski definition) is 4. The summed E-state index contributed by atoms with van der Waals surface area (Å²) in [6, 6.07) is 3.63. The second-order valence-electron chi connectivity index (χ2n) is 7.26. The highest BCUT2D eigenvalue weighted by Crippen LogP contribution is 2.27. The third-order valence-corrected chi connectivity index (χ3v) is 5.35. The molecule has 2 saturated heterocycles. The number of carbonyl (C=O) groups is 1. The van der Waals surface area contributed by atoms with E-state index < -0.39 is 17.7 Å². The van der Waals surface area contributed by atoms with E-state index in [1.54, 1.807) is 4.90 Å². The molecule has 150 valence electrons. The number of aryl methyl sites for hydroxylation is 1. The van der Waals surface area contributed by atoms with Crippen LogP contribution in [0.1, 0.15) is 46.6 Å².